The lowest BCUT2D eigenvalue weighted by Gasteiger charge is -2.38. The maximum absolute atomic E-state index is 14.7. The number of thioether (sulfide) groups is 1. The van der Waals surface area contributed by atoms with E-state index in [-0.39, 0.29) is 85.9 Å². The molecule has 5 aliphatic heterocycles. The molecule has 3 fully saturated rings. The summed E-state index contributed by atoms with van der Waals surface area (Å²) in [5.41, 5.74) is 11.8. The Morgan fingerprint density at radius 1 is 0.826 bits per heavy atom. The lowest BCUT2D eigenvalue weighted by Crippen LogP contribution is -2.58. The molecular weight excluding hydrogens is 1130 g/mol. The molecule has 464 valence electrons. The number of nitrogens with one attached hydrogen (secondary N) is 3. The summed E-state index contributed by atoms with van der Waals surface area (Å²) in [6.07, 6.45) is 6.13. The molecule has 0 saturated carbocycles. The molecule has 86 heavy (non-hydrogen) atoms. The highest BCUT2D eigenvalue weighted by molar-refractivity contribution is 8.14. The maximum atomic E-state index is 14.7. The molecule has 7 heterocycles. The topological polar surface area (TPSA) is 257 Å². The average Bonchev–Trinajstić information content (AvgIpc) is 1.89. The molecule has 1 unspecified atom stereocenters. The summed E-state index contributed by atoms with van der Waals surface area (Å²) < 4.78 is 52.6. The summed E-state index contributed by atoms with van der Waals surface area (Å²) in [4.78, 5) is 97.6. The SMILES string of the molecule is CN[C@H](C)C(=O)N[C@@H](C(=O)N1CCC[C@@H]1C1=NC(C(=O)c2ccc(F)cc2)CS1)C1CCN(C(=O)CCOCCOCCOCCOCCC(=O)NCCn2nc3c(c2C)-c2cnc(N)c(c2)N2CCC[C@@H]2c2cc(F)ccc2C(=O)N(C)C3)CC1. The van der Waals surface area contributed by atoms with Crippen LogP contribution < -0.4 is 26.6 Å². The molecule has 5 amide bonds. The smallest absolute Gasteiger partial charge is 0.254 e. The first-order valence-corrected chi connectivity index (χ1v) is 30.9. The van der Waals surface area contributed by atoms with Gasteiger partial charge in [0, 0.05) is 86.1 Å². The lowest BCUT2D eigenvalue weighted by molar-refractivity contribution is -0.140. The Bertz CT molecular complexity index is 3090. The third kappa shape index (κ3) is 15.6. The number of carbonyl (C=O) groups excluding carboxylic acids is 6. The fourth-order valence-corrected chi connectivity index (χ4v) is 13.1. The van der Waals surface area contributed by atoms with Crippen LogP contribution in [-0.4, -0.2) is 199 Å². The van der Waals surface area contributed by atoms with Gasteiger partial charge >= 0.3 is 0 Å². The Hall–Kier alpha value is -6.90. The van der Waals surface area contributed by atoms with Gasteiger partial charge in [-0.1, -0.05) is 0 Å². The Balaban J connectivity index is 0.627. The summed E-state index contributed by atoms with van der Waals surface area (Å²) in [6, 6.07) is 9.24. The third-order valence-corrected chi connectivity index (χ3v) is 17.9. The summed E-state index contributed by atoms with van der Waals surface area (Å²) in [5.74, 6) is -1.39. The predicted octanol–water partition coefficient (Wildman–Crippen LogP) is 4.72. The molecule has 0 aliphatic carbocycles. The number of nitrogen functional groups attached to an aromatic ring is 1. The van der Waals surface area contributed by atoms with Crippen molar-refractivity contribution >= 4 is 63.6 Å². The minimum Gasteiger partial charge on any atom is -0.382 e. The van der Waals surface area contributed by atoms with E-state index < -0.39 is 29.8 Å². The minimum atomic E-state index is -0.801. The largest absolute Gasteiger partial charge is 0.382 e. The van der Waals surface area contributed by atoms with Crippen LogP contribution in [0.4, 0.5) is 20.3 Å². The van der Waals surface area contributed by atoms with Crippen LogP contribution in [0.2, 0.25) is 0 Å². The molecule has 0 spiro atoms. The summed E-state index contributed by atoms with van der Waals surface area (Å²) in [5, 5.41) is 14.6. The van der Waals surface area contributed by atoms with Crippen molar-refractivity contribution in [2.75, 3.05) is 116 Å². The number of rotatable bonds is 26. The molecule has 5 atom stereocenters. The van der Waals surface area contributed by atoms with Crippen molar-refractivity contribution in [2.24, 2.45) is 10.9 Å². The van der Waals surface area contributed by atoms with Gasteiger partial charge in [0.2, 0.25) is 23.6 Å². The molecule has 2 bridgehead atoms. The van der Waals surface area contributed by atoms with E-state index in [0.29, 0.717) is 132 Å². The number of fused-ring (bicyclic) bond motifs is 8. The quantitative estimate of drug-likeness (QED) is 0.0490. The number of ketones is 1. The maximum Gasteiger partial charge on any atom is 0.254 e. The molecule has 5 aliphatic rings. The third-order valence-electron chi connectivity index (χ3n) is 16.7. The molecular formula is C61H80F2N12O10S. The van der Waals surface area contributed by atoms with Crippen LogP contribution in [0.1, 0.15) is 102 Å². The first-order chi connectivity index (χ1) is 41.6. The first kappa shape index (κ1) is 63.6. The number of likely N-dealkylation sites (tertiary alicyclic amines) is 2. The van der Waals surface area contributed by atoms with E-state index in [9.17, 15) is 37.5 Å². The number of aliphatic imine (C=N–C) groups is 1. The minimum absolute atomic E-state index is 0.0517. The number of aromatic nitrogens is 3. The lowest BCUT2D eigenvalue weighted by atomic mass is 9.88. The Morgan fingerprint density at radius 2 is 1.49 bits per heavy atom. The molecule has 9 rings (SSSR count). The van der Waals surface area contributed by atoms with Crippen molar-refractivity contribution in [1.29, 1.82) is 0 Å². The van der Waals surface area contributed by atoms with E-state index in [2.05, 4.69) is 25.8 Å². The van der Waals surface area contributed by atoms with Gasteiger partial charge in [-0.15, -0.1) is 11.8 Å². The zero-order valence-electron chi connectivity index (χ0n) is 49.5. The van der Waals surface area contributed by atoms with E-state index in [1.165, 1.54) is 48.2 Å². The standard InChI is InChI=1S/C61H80F2N12O10S/c1-38(65-3)58(79)69-55(61(81)74-21-6-8-50(74)59-68-48(37-86-59)56(78)41-9-11-43(62)12-10-41)40-15-22-72(23-16-40)53(77)18-26-83-28-30-85-32-31-84-29-27-82-25-17-52(76)66-19-24-75-39(2)54-42-33-51(57(64)67-35-42)73-20-5-7-49(73)46-34-44(63)13-14-45(46)60(80)71(4)36-47(54)70-75/h9-14,33-35,38,40,48-50,55,65H,5-8,15-32,36-37H2,1-4H3,(H2,64,67)(H,66,76)(H,69,79)/t38-,48?,49-,50-,55-/m1/s1. The second-order valence-electron chi connectivity index (χ2n) is 22.4. The number of hydrogen-bond donors (Lipinski definition) is 4. The van der Waals surface area contributed by atoms with E-state index in [4.69, 9.17) is 34.8 Å². The van der Waals surface area contributed by atoms with Crippen LogP contribution in [-0.2, 0) is 51.2 Å². The van der Waals surface area contributed by atoms with Gasteiger partial charge in [0.15, 0.2) is 5.78 Å². The molecule has 0 radical (unpaired) electrons. The number of halogens is 2. The van der Waals surface area contributed by atoms with Crippen LogP contribution in [0.3, 0.4) is 0 Å². The van der Waals surface area contributed by atoms with Gasteiger partial charge < -0.3 is 60.2 Å². The van der Waals surface area contributed by atoms with Crippen LogP contribution in [0.5, 0.6) is 0 Å². The molecule has 4 aromatic rings. The summed E-state index contributed by atoms with van der Waals surface area (Å²) >= 11 is 1.46. The van der Waals surface area contributed by atoms with E-state index in [0.717, 1.165) is 46.8 Å². The molecule has 22 nitrogen and oxygen atoms in total. The van der Waals surface area contributed by atoms with Crippen molar-refractivity contribution in [3.8, 4) is 11.1 Å². The normalized spacial score (nSPS) is 19.5. The highest BCUT2D eigenvalue weighted by Crippen LogP contribution is 2.43. The van der Waals surface area contributed by atoms with Crippen LogP contribution >= 0.6 is 11.8 Å². The molecule has 2 aromatic carbocycles. The Kier molecular flexibility index (Phi) is 22.3. The fraction of sp³-hybridized carbons (Fsp3) is 0.557. The van der Waals surface area contributed by atoms with Crippen molar-refractivity contribution in [3.05, 3.63) is 94.4 Å². The fourth-order valence-electron chi connectivity index (χ4n) is 11.9. The number of amides is 5. The number of anilines is 2. The van der Waals surface area contributed by atoms with Crippen molar-refractivity contribution < 1.29 is 56.5 Å². The Labute approximate surface area is 504 Å². The molecule has 5 N–H and O–H groups in total. The van der Waals surface area contributed by atoms with E-state index in [1.54, 1.807) is 48.0 Å². The van der Waals surface area contributed by atoms with Gasteiger partial charge in [0.1, 0.15) is 29.5 Å². The zero-order chi connectivity index (χ0) is 60.9. The van der Waals surface area contributed by atoms with Crippen molar-refractivity contribution in [2.45, 2.75) is 109 Å². The zero-order valence-corrected chi connectivity index (χ0v) is 50.3. The highest BCUT2D eigenvalue weighted by Gasteiger charge is 2.43. The predicted molar refractivity (Wildman–Crippen MR) is 321 cm³/mol. The van der Waals surface area contributed by atoms with Gasteiger partial charge in [-0.3, -0.25) is 38.4 Å². The number of piperidine rings is 1. The molecule has 2 aromatic heterocycles. The van der Waals surface area contributed by atoms with Crippen LogP contribution in [0.15, 0.2) is 59.7 Å². The number of pyridine rings is 1. The first-order valence-electron chi connectivity index (χ1n) is 29.9. The second-order valence-corrected chi connectivity index (χ2v) is 23.4. The highest BCUT2D eigenvalue weighted by atomic mass is 32.2. The van der Waals surface area contributed by atoms with E-state index in [1.807, 2.05) is 17.7 Å². The van der Waals surface area contributed by atoms with Crippen molar-refractivity contribution in [1.82, 2.24) is 45.4 Å². The number of nitrogens with two attached hydrogens (primary N) is 1. The number of benzene rings is 2. The molecule has 25 heteroatoms. The van der Waals surface area contributed by atoms with Crippen LogP contribution in [0.25, 0.3) is 11.1 Å². The van der Waals surface area contributed by atoms with Gasteiger partial charge in [-0.05, 0) is 119 Å². The Morgan fingerprint density at radius 3 is 2.20 bits per heavy atom. The summed E-state index contributed by atoms with van der Waals surface area (Å²) in [6.45, 7) is 8.95. The van der Waals surface area contributed by atoms with E-state index >= 15 is 0 Å². The number of nitrogens with zero attached hydrogens (tertiary/aromatic N) is 8. The number of carbonyl (C=O) groups is 6. The second kappa shape index (κ2) is 30.1. The van der Waals surface area contributed by atoms with Crippen molar-refractivity contribution in [3.63, 3.8) is 0 Å². The van der Waals surface area contributed by atoms with Gasteiger partial charge in [0.05, 0.1) is 107 Å². The van der Waals surface area contributed by atoms with Gasteiger partial charge in [0.25, 0.3) is 5.91 Å². The number of likely N-dealkylation sites (N-methyl/N-ethyl adjacent to an activating group) is 1. The number of ether oxygens (including phenoxy) is 4. The van der Waals surface area contributed by atoms with Gasteiger partial charge in [-0.25, -0.2) is 13.8 Å². The number of Topliss-reactive ketones (excluding diaryl/α,β-unsaturated/α-hetero) is 1. The summed E-state index contributed by atoms with van der Waals surface area (Å²) in [7, 11) is 3.40. The monoisotopic (exact) mass is 1210 g/mol. The van der Waals surface area contributed by atoms with Crippen LogP contribution in [0, 0.1) is 24.5 Å². The number of hydrogen-bond acceptors (Lipinski definition) is 17. The average molecular weight is 1210 g/mol. The molecule has 3 saturated heterocycles. The van der Waals surface area contributed by atoms with Gasteiger partial charge in [-0.2, -0.15) is 5.10 Å².